The number of hydrogen-bond donors (Lipinski definition) is 3. The summed E-state index contributed by atoms with van der Waals surface area (Å²) in [6.07, 6.45) is 0. The van der Waals surface area contributed by atoms with Gasteiger partial charge in [0.2, 0.25) is 5.91 Å². The van der Waals surface area contributed by atoms with E-state index in [0.29, 0.717) is 11.3 Å². The van der Waals surface area contributed by atoms with Crippen molar-refractivity contribution in [3.05, 3.63) is 28.2 Å². The summed E-state index contributed by atoms with van der Waals surface area (Å²) >= 11 is 3.28. The van der Waals surface area contributed by atoms with Crippen molar-refractivity contribution in [3.8, 4) is 0 Å². The molecule has 0 aliphatic carbocycles. The van der Waals surface area contributed by atoms with Crippen molar-refractivity contribution in [1.29, 1.82) is 0 Å². The molecule has 0 aromatic heterocycles. The Hall–Kier alpha value is -1.40. The molecule has 5 nitrogen and oxygen atoms in total. The quantitative estimate of drug-likeness (QED) is 0.300. The van der Waals surface area contributed by atoms with E-state index < -0.39 is 11.8 Å². The zero-order valence-electron chi connectivity index (χ0n) is 7.58. The first kappa shape index (κ1) is 10.1. The highest BCUT2D eigenvalue weighted by Gasteiger charge is 2.36. The van der Waals surface area contributed by atoms with Crippen LogP contribution in [0, 0.1) is 0 Å². The topological polar surface area (TPSA) is 84.2 Å². The molecule has 1 aliphatic heterocycles. The van der Waals surface area contributed by atoms with Crippen molar-refractivity contribution in [2.75, 3.05) is 5.32 Å². The van der Waals surface area contributed by atoms with Crippen LogP contribution < -0.4 is 16.6 Å². The molecule has 15 heavy (non-hydrogen) atoms. The average Bonchev–Trinajstić information content (AvgIpc) is 2.52. The van der Waals surface area contributed by atoms with Gasteiger partial charge in [-0.15, -0.1) is 0 Å². The summed E-state index contributed by atoms with van der Waals surface area (Å²) in [4.78, 5) is 22.9. The highest BCUT2D eigenvalue weighted by atomic mass is 79.9. The number of fused-ring (bicyclic) bond motifs is 1. The maximum Gasteiger partial charge on any atom is 0.251 e. The number of amides is 2. The largest absolute Gasteiger partial charge is 0.325 e. The summed E-state index contributed by atoms with van der Waals surface area (Å²) in [5.41, 5.74) is 3.27. The van der Waals surface area contributed by atoms with Gasteiger partial charge in [-0.05, 0) is 23.8 Å². The average molecular weight is 270 g/mol. The lowest BCUT2D eigenvalue weighted by molar-refractivity contribution is -0.128. The number of halogens is 1. The fraction of sp³-hybridized carbons (Fsp3) is 0.111. The van der Waals surface area contributed by atoms with Crippen molar-refractivity contribution < 1.29 is 9.59 Å². The maximum absolute atomic E-state index is 11.5. The van der Waals surface area contributed by atoms with E-state index in [2.05, 4.69) is 21.2 Å². The minimum absolute atomic E-state index is 0.356. The van der Waals surface area contributed by atoms with Crippen LogP contribution in [0.5, 0.6) is 0 Å². The molecular weight excluding hydrogens is 262 g/mol. The number of carbonyl (C=O) groups is 2. The normalized spacial score (nSPS) is 18.3. The van der Waals surface area contributed by atoms with Crippen molar-refractivity contribution in [1.82, 2.24) is 5.43 Å². The SMILES string of the molecule is NNC(=O)C1C(=O)Nc2ccc(Br)cc21. The molecule has 1 aromatic rings. The third kappa shape index (κ3) is 1.62. The Morgan fingerprint density at radius 1 is 1.53 bits per heavy atom. The summed E-state index contributed by atoms with van der Waals surface area (Å²) < 4.78 is 0.813. The highest BCUT2D eigenvalue weighted by Crippen LogP contribution is 2.34. The first-order valence-corrected chi connectivity index (χ1v) is 5.03. The molecule has 0 radical (unpaired) electrons. The molecule has 1 atom stereocenters. The lowest BCUT2D eigenvalue weighted by Crippen LogP contribution is -2.37. The van der Waals surface area contributed by atoms with E-state index >= 15 is 0 Å². The molecule has 1 heterocycles. The van der Waals surface area contributed by atoms with Gasteiger partial charge in [0.25, 0.3) is 5.91 Å². The third-order valence-corrected chi connectivity index (χ3v) is 2.74. The monoisotopic (exact) mass is 269 g/mol. The fourth-order valence-corrected chi connectivity index (χ4v) is 1.95. The zero-order valence-corrected chi connectivity index (χ0v) is 9.17. The minimum atomic E-state index is -0.859. The Labute approximate surface area is 94.1 Å². The van der Waals surface area contributed by atoms with Crippen LogP contribution in [0.2, 0.25) is 0 Å². The van der Waals surface area contributed by atoms with Gasteiger partial charge >= 0.3 is 0 Å². The van der Waals surface area contributed by atoms with Gasteiger partial charge in [0.15, 0.2) is 0 Å². The summed E-state index contributed by atoms with van der Waals surface area (Å²) in [7, 11) is 0. The van der Waals surface area contributed by atoms with Gasteiger partial charge < -0.3 is 5.32 Å². The molecule has 0 saturated heterocycles. The number of hydrogen-bond acceptors (Lipinski definition) is 3. The van der Waals surface area contributed by atoms with E-state index in [1.807, 2.05) is 5.43 Å². The number of nitrogens with one attached hydrogen (secondary N) is 2. The molecule has 4 N–H and O–H groups in total. The first-order chi connectivity index (χ1) is 7.13. The second-order valence-electron chi connectivity index (χ2n) is 3.16. The minimum Gasteiger partial charge on any atom is -0.325 e. The molecule has 0 saturated carbocycles. The molecule has 78 valence electrons. The van der Waals surface area contributed by atoms with E-state index in [4.69, 9.17) is 5.84 Å². The summed E-state index contributed by atoms with van der Waals surface area (Å²) in [5.74, 6) is 3.29. The van der Waals surface area contributed by atoms with E-state index in [1.165, 1.54) is 0 Å². The van der Waals surface area contributed by atoms with Gasteiger partial charge in [-0.25, -0.2) is 5.84 Å². The first-order valence-electron chi connectivity index (χ1n) is 4.24. The van der Waals surface area contributed by atoms with Gasteiger partial charge in [0, 0.05) is 10.2 Å². The Balaban J connectivity index is 2.48. The van der Waals surface area contributed by atoms with Crippen LogP contribution in [0.1, 0.15) is 11.5 Å². The van der Waals surface area contributed by atoms with Gasteiger partial charge in [-0.3, -0.25) is 15.0 Å². The summed E-state index contributed by atoms with van der Waals surface area (Å²) in [6.45, 7) is 0. The Kier molecular flexibility index (Phi) is 2.45. The standard InChI is InChI=1S/C9H8BrN3O2/c10-4-1-2-6-5(3-4)7(8(14)12-6)9(15)13-11/h1-3,7H,11H2,(H,12,14)(H,13,15). The maximum atomic E-state index is 11.5. The molecule has 1 aliphatic rings. The third-order valence-electron chi connectivity index (χ3n) is 2.25. The van der Waals surface area contributed by atoms with E-state index in [1.54, 1.807) is 18.2 Å². The number of carbonyl (C=O) groups excluding carboxylic acids is 2. The molecule has 0 bridgehead atoms. The van der Waals surface area contributed by atoms with Crippen LogP contribution in [0.25, 0.3) is 0 Å². The molecule has 2 rings (SSSR count). The molecule has 1 unspecified atom stereocenters. The fourth-order valence-electron chi connectivity index (χ4n) is 1.58. The van der Waals surface area contributed by atoms with Crippen LogP contribution in [0.3, 0.4) is 0 Å². The Morgan fingerprint density at radius 3 is 2.93 bits per heavy atom. The van der Waals surface area contributed by atoms with Crippen LogP contribution in [-0.2, 0) is 9.59 Å². The molecule has 6 heteroatoms. The lowest BCUT2D eigenvalue weighted by atomic mass is 10.0. The van der Waals surface area contributed by atoms with Crippen molar-refractivity contribution in [3.63, 3.8) is 0 Å². The van der Waals surface area contributed by atoms with E-state index in [0.717, 1.165) is 4.47 Å². The smallest absolute Gasteiger partial charge is 0.251 e. The summed E-state index contributed by atoms with van der Waals surface area (Å²) in [5, 5.41) is 2.61. The molecule has 0 fully saturated rings. The highest BCUT2D eigenvalue weighted by molar-refractivity contribution is 9.10. The second kappa shape index (κ2) is 3.63. The molecular formula is C9H8BrN3O2. The van der Waals surface area contributed by atoms with Gasteiger partial charge in [-0.1, -0.05) is 15.9 Å². The molecule has 0 spiro atoms. The van der Waals surface area contributed by atoms with Crippen molar-refractivity contribution >= 4 is 33.4 Å². The Bertz CT molecular complexity index is 439. The van der Waals surface area contributed by atoms with Crippen LogP contribution in [0.4, 0.5) is 5.69 Å². The van der Waals surface area contributed by atoms with Crippen LogP contribution >= 0.6 is 15.9 Å². The predicted molar refractivity (Wildman–Crippen MR) is 57.8 cm³/mol. The van der Waals surface area contributed by atoms with Crippen molar-refractivity contribution in [2.45, 2.75) is 5.92 Å². The number of anilines is 1. The lowest BCUT2D eigenvalue weighted by Gasteiger charge is -2.06. The molecule has 1 aromatic carbocycles. The Morgan fingerprint density at radius 2 is 2.27 bits per heavy atom. The van der Waals surface area contributed by atoms with Gasteiger partial charge in [0.1, 0.15) is 5.92 Å². The zero-order chi connectivity index (χ0) is 11.0. The van der Waals surface area contributed by atoms with Crippen molar-refractivity contribution in [2.24, 2.45) is 5.84 Å². The number of rotatable bonds is 1. The second-order valence-corrected chi connectivity index (χ2v) is 4.08. The van der Waals surface area contributed by atoms with E-state index in [-0.39, 0.29) is 5.91 Å². The van der Waals surface area contributed by atoms with Crippen LogP contribution in [-0.4, -0.2) is 11.8 Å². The molecule has 2 amide bonds. The van der Waals surface area contributed by atoms with E-state index in [9.17, 15) is 9.59 Å². The number of nitrogens with two attached hydrogens (primary N) is 1. The van der Waals surface area contributed by atoms with Crippen LogP contribution in [0.15, 0.2) is 22.7 Å². The summed E-state index contributed by atoms with van der Waals surface area (Å²) in [6, 6.07) is 5.26. The van der Waals surface area contributed by atoms with Gasteiger partial charge in [-0.2, -0.15) is 0 Å². The number of benzene rings is 1. The predicted octanol–water partition coefficient (Wildman–Crippen LogP) is 0.475. The number of hydrazine groups is 1. The van der Waals surface area contributed by atoms with Gasteiger partial charge in [0.05, 0.1) is 0 Å².